The van der Waals surface area contributed by atoms with Crippen LogP contribution in [0.2, 0.25) is 5.02 Å². The summed E-state index contributed by atoms with van der Waals surface area (Å²) in [6.45, 7) is 1.58. The Balaban J connectivity index is 1.32. The van der Waals surface area contributed by atoms with Crippen LogP contribution in [0, 0.1) is 0 Å². The van der Waals surface area contributed by atoms with Crippen molar-refractivity contribution < 1.29 is 17.6 Å². The molecule has 1 aliphatic rings. The number of halogens is 4. The van der Waals surface area contributed by atoms with Crippen molar-refractivity contribution in [1.82, 2.24) is 14.9 Å². The average molecular weight is 486 g/mol. The first-order valence-corrected chi connectivity index (χ1v) is 11.0. The summed E-state index contributed by atoms with van der Waals surface area (Å²) >= 11 is 6.25. The van der Waals surface area contributed by atoms with Crippen molar-refractivity contribution in [2.24, 2.45) is 0 Å². The van der Waals surface area contributed by atoms with Gasteiger partial charge in [0.1, 0.15) is 17.3 Å². The van der Waals surface area contributed by atoms with Crippen LogP contribution in [0.4, 0.5) is 13.2 Å². The number of alkyl halides is 3. The second kappa shape index (κ2) is 8.77. The monoisotopic (exact) mass is 485 g/mol. The molecule has 0 atom stereocenters. The third-order valence-electron chi connectivity index (χ3n) is 5.81. The molecule has 1 aliphatic heterocycles. The van der Waals surface area contributed by atoms with Crippen LogP contribution >= 0.6 is 11.6 Å². The highest BCUT2D eigenvalue weighted by molar-refractivity contribution is 6.33. The first-order chi connectivity index (χ1) is 16.3. The Hall–Kier alpha value is -3.36. The van der Waals surface area contributed by atoms with E-state index in [1.165, 1.54) is 12.1 Å². The van der Waals surface area contributed by atoms with E-state index in [-0.39, 0.29) is 11.4 Å². The van der Waals surface area contributed by atoms with Crippen LogP contribution < -0.4 is 5.56 Å². The Morgan fingerprint density at radius 2 is 1.82 bits per heavy atom. The van der Waals surface area contributed by atoms with E-state index in [9.17, 15) is 18.0 Å². The number of benzene rings is 2. The van der Waals surface area contributed by atoms with Crippen LogP contribution in [-0.2, 0) is 25.7 Å². The Kier molecular flexibility index (Phi) is 5.79. The van der Waals surface area contributed by atoms with Crippen LogP contribution in [-0.4, -0.2) is 21.4 Å². The maximum atomic E-state index is 12.8. The number of aromatic amines is 1. The van der Waals surface area contributed by atoms with E-state index in [1.807, 2.05) is 30.3 Å². The second-order valence-corrected chi connectivity index (χ2v) is 8.53. The highest BCUT2D eigenvalue weighted by Crippen LogP contribution is 2.31. The third-order valence-corrected chi connectivity index (χ3v) is 6.14. The van der Waals surface area contributed by atoms with Crippen LogP contribution in [0.25, 0.3) is 22.7 Å². The van der Waals surface area contributed by atoms with Crippen LogP contribution in [0.1, 0.15) is 22.6 Å². The summed E-state index contributed by atoms with van der Waals surface area (Å²) in [5.74, 6) is 1.70. The highest BCUT2D eigenvalue weighted by Gasteiger charge is 2.30. The summed E-state index contributed by atoms with van der Waals surface area (Å²) in [6.07, 6.45) is -3.87. The van der Waals surface area contributed by atoms with Gasteiger partial charge in [0.05, 0.1) is 28.4 Å². The zero-order valence-electron chi connectivity index (χ0n) is 17.8. The number of H-pyrrole nitrogens is 1. The van der Waals surface area contributed by atoms with E-state index >= 15 is 0 Å². The van der Waals surface area contributed by atoms with E-state index in [0.29, 0.717) is 53.7 Å². The summed E-state index contributed by atoms with van der Waals surface area (Å²) in [4.78, 5) is 22.1. The molecule has 3 heterocycles. The summed E-state index contributed by atoms with van der Waals surface area (Å²) in [7, 11) is 0. The van der Waals surface area contributed by atoms with Gasteiger partial charge in [-0.25, -0.2) is 4.98 Å². The van der Waals surface area contributed by atoms with Gasteiger partial charge in [0.2, 0.25) is 0 Å². The first kappa shape index (κ1) is 22.4. The number of nitrogens with one attached hydrogen (secondary N) is 1. The van der Waals surface area contributed by atoms with Crippen LogP contribution in [0.5, 0.6) is 0 Å². The first-order valence-electron chi connectivity index (χ1n) is 10.6. The molecule has 0 amide bonds. The van der Waals surface area contributed by atoms with Gasteiger partial charge in [-0.3, -0.25) is 9.69 Å². The van der Waals surface area contributed by atoms with E-state index < -0.39 is 11.7 Å². The van der Waals surface area contributed by atoms with Crippen molar-refractivity contribution in [3.05, 3.63) is 98.6 Å². The molecule has 2 aromatic carbocycles. The Labute approximate surface area is 197 Å². The molecule has 0 fully saturated rings. The van der Waals surface area contributed by atoms with E-state index in [2.05, 4.69) is 14.9 Å². The van der Waals surface area contributed by atoms with Crippen molar-refractivity contribution in [2.45, 2.75) is 25.7 Å². The van der Waals surface area contributed by atoms with Crippen molar-refractivity contribution >= 4 is 11.6 Å². The molecule has 2 aromatic heterocycles. The molecule has 9 heteroatoms. The molecule has 0 saturated carbocycles. The minimum Gasteiger partial charge on any atom is -0.460 e. The Morgan fingerprint density at radius 1 is 1.06 bits per heavy atom. The molecule has 1 N–H and O–H groups in total. The lowest BCUT2D eigenvalue weighted by molar-refractivity contribution is -0.137. The van der Waals surface area contributed by atoms with Gasteiger partial charge >= 0.3 is 6.18 Å². The summed E-state index contributed by atoms with van der Waals surface area (Å²) in [5, 5.41) is 0.608. The predicted molar refractivity (Wildman–Crippen MR) is 122 cm³/mol. The topological polar surface area (TPSA) is 62.1 Å². The number of aromatic nitrogens is 2. The molecule has 4 aromatic rings. The molecule has 5 rings (SSSR count). The fraction of sp³-hybridized carbons (Fsp3) is 0.200. The average Bonchev–Trinajstić information content (AvgIpc) is 3.27. The minimum absolute atomic E-state index is 0.265. The van der Waals surface area contributed by atoms with Gasteiger partial charge in [0, 0.05) is 30.6 Å². The lowest BCUT2D eigenvalue weighted by Crippen LogP contribution is -2.35. The van der Waals surface area contributed by atoms with E-state index in [1.54, 1.807) is 6.07 Å². The minimum atomic E-state index is -4.42. The molecule has 174 valence electrons. The fourth-order valence-corrected chi connectivity index (χ4v) is 4.29. The maximum absolute atomic E-state index is 12.8. The molecular formula is C25H19ClF3N3O2. The van der Waals surface area contributed by atoms with E-state index in [0.717, 1.165) is 23.5 Å². The number of furan rings is 1. The summed E-state index contributed by atoms with van der Waals surface area (Å²) in [5.41, 5.74) is 1.42. The lowest BCUT2D eigenvalue weighted by atomic mass is 10.1. The van der Waals surface area contributed by atoms with Gasteiger partial charge in [0.25, 0.3) is 5.56 Å². The smallest absolute Gasteiger partial charge is 0.416 e. The van der Waals surface area contributed by atoms with Gasteiger partial charge in [-0.05, 0) is 36.4 Å². The SMILES string of the molecule is O=c1[nH]c(-c2ccc(C(F)(F)F)cc2)nc2c1CN(Cc1ccc(-c3ccccc3Cl)o1)CC2. The Bertz CT molecular complexity index is 1390. The zero-order chi connectivity index (χ0) is 23.9. The highest BCUT2D eigenvalue weighted by atomic mass is 35.5. The summed E-state index contributed by atoms with van der Waals surface area (Å²) in [6, 6.07) is 15.8. The number of hydrogen-bond acceptors (Lipinski definition) is 4. The van der Waals surface area contributed by atoms with Crippen molar-refractivity contribution in [2.75, 3.05) is 6.54 Å². The zero-order valence-corrected chi connectivity index (χ0v) is 18.6. The molecule has 0 unspecified atom stereocenters. The number of hydrogen-bond donors (Lipinski definition) is 1. The van der Waals surface area contributed by atoms with Gasteiger partial charge in [-0.15, -0.1) is 0 Å². The predicted octanol–water partition coefficient (Wildman–Crippen LogP) is 5.93. The number of rotatable bonds is 4. The van der Waals surface area contributed by atoms with Crippen LogP contribution in [0.3, 0.4) is 0 Å². The molecule has 5 nitrogen and oxygen atoms in total. The number of fused-ring (bicyclic) bond motifs is 1. The molecule has 0 radical (unpaired) electrons. The van der Waals surface area contributed by atoms with Gasteiger partial charge < -0.3 is 9.40 Å². The van der Waals surface area contributed by atoms with Crippen molar-refractivity contribution in [3.8, 4) is 22.7 Å². The molecular weight excluding hydrogens is 467 g/mol. The second-order valence-electron chi connectivity index (χ2n) is 8.12. The number of nitrogens with zero attached hydrogens (tertiary/aromatic N) is 2. The standard InChI is InChI=1S/C25H19ClF3N3O2/c26-20-4-2-1-3-18(20)22-10-9-17(34-22)13-32-12-11-21-19(14-32)24(33)31-23(30-21)15-5-7-16(8-6-15)25(27,28)29/h1-10H,11-14H2,(H,30,31,33). The molecule has 34 heavy (non-hydrogen) atoms. The quantitative estimate of drug-likeness (QED) is 0.389. The molecule has 0 spiro atoms. The lowest BCUT2D eigenvalue weighted by Gasteiger charge is -2.26. The largest absolute Gasteiger partial charge is 0.460 e. The maximum Gasteiger partial charge on any atom is 0.416 e. The summed E-state index contributed by atoms with van der Waals surface area (Å²) < 4.78 is 44.4. The normalized spacial score (nSPS) is 14.2. The fourth-order valence-electron chi connectivity index (χ4n) is 4.06. The molecule has 0 saturated heterocycles. The molecule has 0 aliphatic carbocycles. The van der Waals surface area contributed by atoms with Crippen LogP contribution in [0.15, 0.2) is 69.9 Å². The van der Waals surface area contributed by atoms with Gasteiger partial charge in [-0.1, -0.05) is 35.9 Å². The van der Waals surface area contributed by atoms with Crippen molar-refractivity contribution in [1.29, 1.82) is 0 Å². The molecule has 0 bridgehead atoms. The van der Waals surface area contributed by atoms with Gasteiger partial charge in [0.15, 0.2) is 0 Å². The van der Waals surface area contributed by atoms with Gasteiger partial charge in [-0.2, -0.15) is 13.2 Å². The van der Waals surface area contributed by atoms with E-state index in [4.69, 9.17) is 16.0 Å². The Morgan fingerprint density at radius 3 is 2.56 bits per heavy atom. The third kappa shape index (κ3) is 4.51. The van der Waals surface area contributed by atoms with Crippen molar-refractivity contribution in [3.63, 3.8) is 0 Å².